The Kier molecular flexibility index (Phi) is 8.68. The number of hydrogen-bond acceptors (Lipinski definition) is 6. The molecular formula is C16H26O10. The summed E-state index contributed by atoms with van der Waals surface area (Å²) in [5.41, 5.74) is -5.86. The fourth-order valence-electron chi connectivity index (χ4n) is 2.28. The molecule has 0 aromatic heterocycles. The normalized spacial score (nSPS) is 16.1. The van der Waals surface area contributed by atoms with Crippen LogP contribution in [-0.4, -0.2) is 68.7 Å². The van der Waals surface area contributed by atoms with Crippen LogP contribution in [0.15, 0.2) is 0 Å². The summed E-state index contributed by atoms with van der Waals surface area (Å²) in [5.74, 6) is -7.73. The van der Waals surface area contributed by atoms with Gasteiger partial charge in [0, 0.05) is 0 Å². The highest BCUT2D eigenvalue weighted by Crippen LogP contribution is 2.38. The first-order valence-corrected chi connectivity index (χ1v) is 7.99. The van der Waals surface area contributed by atoms with Crippen molar-refractivity contribution in [3.05, 3.63) is 0 Å². The molecule has 0 aliphatic heterocycles. The van der Waals surface area contributed by atoms with Crippen LogP contribution in [0.5, 0.6) is 0 Å². The van der Waals surface area contributed by atoms with Crippen molar-refractivity contribution in [2.75, 3.05) is 13.2 Å². The van der Waals surface area contributed by atoms with E-state index in [4.69, 9.17) is 9.47 Å². The summed E-state index contributed by atoms with van der Waals surface area (Å²) >= 11 is 0. The summed E-state index contributed by atoms with van der Waals surface area (Å²) in [4.78, 5) is 46.7. The van der Waals surface area contributed by atoms with Crippen molar-refractivity contribution in [2.24, 2.45) is 11.8 Å². The van der Waals surface area contributed by atoms with E-state index in [9.17, 15) is 39.6 Å². The van der Waals surface area contributed by atoms with Crippen LogP contribution < -0.4 is 0 Å². The van der Waals surface area contributed by atoms with Gasteiger partial charge >= 0.3 is 23.9 Å². The second-order valence-corrected chi connectivity index (χ2v) is 6.82. The van der Waals surface area contributed by atoms with Gasteiger partial charge in [0.15, 0.2) is 0 Å². The summed E-state index contributed by atoms with van der Waals surface area (Å²) in [6.45, 7) is 5.95. The molecule has 2 atom stereocenters. The molecule has 0 fully saturated rings. The number of rotatable bonds is 13. The maximum atomic E-state index is 12.0. The molecular weight excluding hydrogens is 352 g/mol. The number of ether oxygens (including phenoxy) is 2. The summed E-state index contributed by atoms with van der Waals surface area (Å²) in [7, 11) is 0. The monoisotopic (exact) mass is 378 g/mol. The van der Waals surface area contributed by atoms with Crippen molar-refractivity contribution in [3.8, 4) is 0 Å². The van der Waals surface area contributed by atoms with Crippen molar-refractivity contribution in [3.63, 3.8) is 0 Å². The van der Waals surface area contributed by atoms with Crippen LogP contribution in [0.25, 0.3) is 0 Å². The zero-order valence-corrected chi connectivity index (χ0v) is 15.2. The number of carbonyl (C=O) groups is 4. The Balaban J connectivity index is 6.57. The molecule has 10 nitrogen and oxygen atoms in total. The van der Waals surface area contributed by atoms with E-state index in [1.54, 1.807) is 27.7 Å². The van der Waals surface area contributed by atoms with Crippen LogP contribution in [0.1, 0.15) is 40.5 Å². The highest BCUT2D eigenvalue weighted by Gasteiger charge is 2.66. The van der Waals surface area contributed by atoms with Gasteiger partial charge < -0.3 is 29.9 Å². The number of carboxylic acids is 4. The van der Waals surface area contributed by atoms with Crippen molar-refractivity contribution in [1.29, 1.82) is 0 Å². The topological polar surface area (TPSA) is 168 Å². The minimum absolute atomic E-state index is 0.274. The number of hydrogen-bond donors (Lipinski definition) is 4. The minimum atomic E-state index is -2.93. The maximum absolute atomic E-state index is 12.0. The van der Waals surface area contributed by atoms with Gasteiger partial charge in [-0.15, -0.1) is 0 Å². The van der Waals surface area contributed by atoms with Crippen LogP contribution in [0, 0.1) is 11.8 Å². The van der Waals surface area contributed by atoms with E-state index in [0.29, 0.717) is 0 Å². The molecule has 0 aromatic carbocycles. The SMILES string of the molecule is CC(C)COC(CC(=O)O)(C(=O)O)C(CC(=O)O)(OCC(C)C)C(=O)O. The van der Waals surface area contributed by atoms with Crippen molar-refractivity contribution >= 4 is 23.9 Å². The van der Waals surface area contributed by atoms with Crippen LogP contribution in [0.3, 0.4) is 0 Å². The maximum Gasteiger partial charge on any atom is 0.340 e. The Morgan fingerprint density at radius 1 is 0.692 bits per heavy atom. The first-order chi connectivity index (χ1) is 11.8. The van der Waals surface area contributed by atoms with E-state index in [2.05, 4.69) is 0 Å². The molecule has 0 spiro atoms. The van der Waals surface area contributed by atoms with Gasteiger partial charge in [-0.3, -0.25) is 9.59 Å². The number of carboxylic acid groups (broad SMARTS) is 4. The quantitative estimate of drug-likeness (QED) is 0.362. The molecule has 10 heteroatoms. The summed E-state index contributed by atoms with van der Waals surface area (Å²) < 4.78 is 10.5. The highest BCUT2D eigenvalue weighted by atomic mass is 16.6. The van der Waals surface area contributed by atoms with E-state index in [-0.39, 0.29) is 25.0 Å². The molecule has 0 heterocycles. The highest BCUT2D eigenvalue weighted by molar-refractivity contribution is 5.96. The van der Waals surface area contributed by atoms with Crippen LogP contribution in [0.4, 0.5) is 0 Å². The van der Waals surface area contributed by atoms with Crippen molar-refractivity contribution in [1.82, 2.24) is 0 Å². The summed E-state index contributed by atoms with van der Waals surface area (Å²) in [6, 6.07) is 0. The van der Waals surface area contributed by atoms with Gasteiger partial charge in [-0.1, -0.05) is 27.7 Å². The molecule has 0 amide bonds. The predicted octanol–water partition coefficient (Wildman–Crippen LogP) is 0.928. The van der Waals surface area contributed by atoms with Gasteiger partial charge in [-0.05, 0) is 11.8 Å². The molecule has 0 radical (unpaired) electrons. The van der Waals surface area contributed by atoms with Gasteiger partial charge in [0.2, 0.25) is 11.2 Å². The van der Waals surface area contributed by atoms with Crippen LogP contribution in [-0.2, 0) is 28.7 Å². The molecule has 0 aromatic rings. The zero-order chi connectivity index (χ0) is 20.7. The second kappa shape index (κ2) is 9.48. The third-order valence-corrected chi connectivity index (χ3v) is 3.47. The lowest BCUT2D eigenvalue weighted by molar-refractivity contribution is -0.239. The molecule has 0 saturated carbocycles. The Labute approximate surface area is 150 Å². The van der Waals surface area contributed by atoms with Crippen LogP contribution >= 0.6 is 0 Å². The second-order valence-electron chi connectivity index (χ2n) is 6.82. The third-order valence-electron chi connectivity index (χ3n) is 3.47. The molecule has 4 N–H and O–H groups in total. The predicted molar refractivity (Wildman–Crippen MR) is 86.8 cm³/mol. The van der Waals surface area contributed by atoms with E-state index in [1.807, 2.05) is 0 Å². The molecule has 0 saturated heterocycles. The first-order valence-electron chi connectivity index (χ1n) is 7.99. The van der Waals surface area contributed by atoms with Gasteiger partial charge in [-0.25, -0.2) is 9.59 Å². The Morgan fingerprint density at radius 3 is 1.12 bits per heavy atom. The average molecular weight is 378 g/mol. The van der Waals surface area contributed by atoms with Crippen LogP contribution in [0.2, 0.25) is 0 Å². The minimum Gasteiger partial charge on any atom is -0.481 e. The van der Waals surface area contributed by atoms with E-state index >= 15 is 0 Å². The number of aliphatic carboxylic acids is 4. The van der Waals surface area contributed by atoms with Gasteiger partial charge in [0.25, 0.3) is 0 Å². The lowest BCUT2D eigenvalue weighted by atomic mass is 9.76. The van der Waals surface area contributed by atoms with Crippen molar-refractivity contribution < 1.29 is 49.1 Å². The average Bonchev–Trinajstić information content (AvgIpc) is 2.46. The third kappa shape index (κ3) is 5.67. The fourth-order valence-corrected chi connectivity index (χ4v) is 2.28. The molecule has 2 unspecified atom stereocenters. The molecule has 0 rings (SSSR count). The fraction of sp³-hybridized carbons (Fsp3) is 0.750. The Morgan fingerprint density at radius 2 is 0.962 bits per heavy atom. The van der Waals surface area contributed by atoms with Crippen molar-refractivity contribution in [2.45, 2.75) is 51.7 Å². The Bertz CT molecular complexity index is 493. The molecule has 150 valence electrons. The van der Waals surface area contributed by atoms with Gasteiger partial charge in [0.1, 0.15) is 0 Å². The lowest BCUT2D eigenvalue weighted by Gasteiger charge is -2.43. The lowest BCUT2D eigenvalue weighted by Crippen LogP contribution is -2.68. The summed E-state index contributed by atoms with van der Waals surface area (Å²) in [5, 5.41) is 37.8. The molecule has 26 heavy (non-hydrogen) atoms. The zero-order valence-electron chi connectivity index (χ0n) is 15.2. The van der Waals surface area contributed by atoms with Gasteiger partial charge in [-0.2, -0.15) is 0 Å². The molecule has 0 aliphatic rings. The largest absolute Gasteiger partial charge is 0.481 e. The molecule has 0 bridgehead atoms. The summed E-state index contributed by atoms with van der Waals surface area (Å²) in [6.07, 6.45) is -2.57. The van der Waals surface area contributed by atoms with E-state index in [1.165, 1.54) is 0 Å². The molecule has 0 aliphatic carbocycles. The standard InChI is InChI=1S/C16H26O10/c1-9(2)7-25-15(13(21)22,5-11(17)18)16(14(23)24,6-12(19)20)26-8-10(3)4/h9-10H,5-8H2,1-4H3,(H,17,18)(H,19,20)(H,21,22)(H,23,24). The van der Waals surface area contributed by atoms with E-state index < -0.39 is 47.9 Å². The van der Waals surface area contributed by atoms with E-state index in [0.717, 1.165) is 0 Å². The van der Waals surface area contributed by atoms with Gasteiger partial charge in [0.05, 0.1) is 26.1 Å². The Hall–Kier alpha value is -2.20. The first kappa shape index (κ1) is 23.8. The smallest absolute Gasteiger partial charge is 0.340 e.